The average molecular weight is 326 g/mol. The summed E-state index contributed by atoms with van der Waals surface area (Å²) in [5, 5.41) is 12.0. The number of ether oxygens (including phenoxy) is 1. The monoisotopic (exact) mass is 326 g/mol. The molecule has 1 aromatic carbocycles. The van der Waals surface area contributed by atoms with Crippen molar-refractivity contribution in [3.05, 3.63) is 30.1 Å². The fraction of sp³-hybridized carbons (Fsp3) is 0.500. The number of carboxylic acid groups (broad SMARTS) is 1. The van der Waals surface area contributed by atoms with Crippen LogP contribution in [0.25, 0.3) is 0 Å². The number of anilines is 1. The van der Waals surface area contributed by atoms with Crippen LogP contribution in [0.3, 0.4) is 0 Å². The van der Waals surface area contributed by atoms with E-state index in [1.165, 1.54) is 12.1 Å². The van der Waals surface area contributed by atoms with Gasteiger partial charge in [0.1, 0.15) is 18.0 Å². The Morgan fingerprint density at radius 3 is 2.35 bits per heavy atom. The molecule has 1 atom stereocenters. The standard InChI is InChI=1S/C16H23FN2O4/c1-11(18-13-7-5-12(17)6-8-13)9-19(10-14(20)21)15(22)23-16(2,3)4/h5-8,11,18H,9-10H2,1-4H3,(H,20,21). The number of amides is 1. The second-order valence-corrected chi connectivity index (χ2v) is 6.31. The molecule has 0 saturated carbocycles. The third-order valence-electron chi connectivity index (χ3n) is 2.73. The first-order valence-electron chi connectivity index (χ1n) is 7.28. The summed E-state index contributed by atoms with van der Waals surface area (Å²) in [6, 6.07) is 5.53. The van der Waals surface area contributed by atoms with E-state index in [4.69, 9.17) is 9.84 Å². The molecule has 23 heavy (non-hydrogen) atoms. The molecule has 0 spiro atoms. The Kier molecular flexibility index (Phi) is 6.36. The van der Waals surface area contributed by atoms with Gasteiger partial charge < -0.3 is 15.2 Å². The minimum atomic E-state index is -1.12. The molecule has 0 aromatic heterocycles. The second kappa shape index (κ2) is 7.80. The van der Waals surface area contributed by atoms with Crippen LogP contribution in [0.5, 0.6) is 0 Å². The number of halogens is 1. The second-order valence-electron chi connectivity index (χ2n) is 6.31. The van der Waals surface area contributed by atoms with Gasteiger partial charge in [0.2, 0.25) is 0 Å². The molecule has 1 amide bonds. The Morgan fingerprint density at radius 1 is 1.30 bits per heavy atom. The quantitative estimate of drug-likeness (QED) is 0.840. The van der Waals surface area contributed by atoms with Gasteiger partial charge >= 0.3 is 12.1 Å². The van der Waals surface area contributed by atoms with Crippen molar-refractivity contribution in [2.75, 3.05) is 18.4 Å². The number of nitrogens with one attached hydrogen (secondary N) is 1. The third kappa shape index (κ3) is 7.49. The Labute approximate surface area is 135 Å². The van der Waals surface area contributed by atoms with E-state index in [9.17, 15) is 14.0 Å². The molecule has 0 aliphatic heterocycles. The zero-order valence-electron chi connectivity index (χ0n) is 13.8. The van der Waals surface area contributed by atoms with Crippen molar-refractivity contribution in [2.45, 2.75) is 39.3 Å². The van der Waals surface area contributed by atoms with Gasteiger partial charge in [0.05, 0.1) is 0 Å². The molecule has 1 rings (SSSR count). The molecule has 0 aliphatic carbocycles. The van der Waals surface area contributed by atoms with E-state index < -0.39 is 24.2 Å². The van der Waals surface area contributed by atoms with Crippen LogP contribution in [0.2, 0.25) is 0 Å². The van der Waals surface area contributed by atoms with Gasteiger partial charge in [-0.25, -0.2) is 9.18 Å². The number of carbonyl (C=O) groups is 2. The van der Waals surface area contributed by atoms with Gasteiger partial charge in [-0.05, 0) is 52.0 Å². The summed E-state index contributed by atoms with van der Waals surface area (Å²) in [4.78, 5) is 24.2. The fourth-order valence-corrected chi connectivity index (χ4v) is 1.90. The van der Waals surface area contributed by atoms with Crippen molar-refractivity contribution in [3.8, 4) is 0 Å². The highest BCUT2D eigenvalue weighted by Gasteiger charge is 2.25. The van der Waals surface area contributed by atoms with Gasteiger partial charge in [-0.2, -0.15) is 0 Å². The highest BCUT2D eigenvalue weighted by molar-refractivity contribution is 5.77. The minimum absolute atomic E-state index is 0.137. The summed E-state index contributed by atoms with van der Waals surface area (Å²) in [6.07, 6.45) is -0.687. The van der Waals surface area contributed by atoms with Gasteiger partial charge in [-0.15, -0.1) is 0 Å². The molecular weight excluding hydrogens is 303 g/mol. The number of rotatable bonds is 6. The third-order valence-corrected chi connectivity index (χ3v) is 2.73. The number of hydrogen-bond acceptors (Lipinski definition) is 4. The maximum atomic E-state index is 12.9. The molecule has 0 bridgehead atoms. The first-order chi connectivity index (χ1) is 10.6. The zero-order chi connectivity index (χ0) is 17.6. The van der Waals surface area contributed by atoms with Crippen LogP contribution >= 0.6 is 0 Å². The van der Waals surface area contributed by atoms with E-state index in [0.717, 1.165) is 4.90 Å². The van der Waals surface area contributed by atoms with Crippen LogP contribution in [-0.4, -0.2) is 46.8 Å². The van der Waals surface area contributed by atoms with Crippen LogP contribution in [0.4, 0.5) is 14.9 Å². The van der Waals surface area contributed by atoms with Gasteiger partial charge in [0.25, 0.3) is 0 Å². The maximum Gasteiger partial charge on any atom is 0.410 e. The molecule has 1 aromatic rings. The summed E-state index contributed by atoms with van der Waals surface area (Å²) in [7, 11) is 0. The van der Waals surface area contributed by atoms with Crippen molar-refractivity contribution in [2.24, 2.45) is 0 Å². The summed E-state index contributed by atoms with van der Waals surface area (Å²) in [6.45, 7) is 6.61. The highest BCUT2D eigenvalue weighted by Crippen LogP contribution is 2.13. The normalized spacial score (nSPS) is 12.4. The smallest absolute Gasteiger partial charge is 0.410 e. The fourth-order valence-electron chi connectivity index (χ4n) is 1.90. The molecular formula is C16H23FN2O4. The summed E-state index contributed by atoms with van der Waals surface area (Å²) in [5.74, 6) is -1.46. The van der Waals surface area contributed by atoms with E-state index in [1.54, 1.807) is 39.8 Å². The lowest BCUT2D eigenvalue weighted by molar-refractivity contribution is -0.138. The summed E-state index contributed by atoms with van der Waals surface area (Å²) < 4.78 is 18.1. The Bertz CT molecular complexity index is 540. The molecule has 0 saturated heterocycles. The minimum Gasteiger partial charge on any atom is -0.480 e. The van der Waals surface area contributed by atoms with Crippen LogP contribution in [0, 0.1) is 5.82 Å². The van der Waals surface area contributed by atoms with E-state index in [1.807, 2.05) is 0 Å². The molecule has 1 unspecified atom stereocenters. The van der Waals surface area contributed by atoms with Crippen LogP contribution in [-0.2, 0) is 9.53 Å². The van der Waals surface area contributed by atoms with Crippen molar-refractivity contribution in [3.63, 3.8) is 0 Å². The molecule has 2 N–H and O–H groups in total. The average Bonchev–Trinajstić information content (AvgIpc) is 2.38. The molecule has 0 heterocycles. The zero-order valence-corrected chi connectivity index (χ0v) is 13.8. The number of aliphatic carboxylic acids is 1. The van der Waals surface area contributed by atoms with Gasteiger partial charge in [-0.1, -0.05) is 0 Å². The van der Waals surface area contributed by atoms with Crippen LogP contribution < -0.4 is 5.32 Å². The SMILES string of the molecule is CC(CN(CC(=O)O)C(=O)OC(C)(C)C)Nc1ccc(F)cc1. The first kappa shape index (κ1) is 18.7. The number of nitrogens with zero attached hydrogens (tertiary/aromatic N) is 1. The van der Waals surface area contributed by atoms with Crippen molar-refractivity contribution in [1.29, 1.82) is 0 Å². The van der Waals surface area contributed by atoms with Crippen molar-refractivity contribution < 1.29 is 23.8 Å². The summed E-state index contributed by atoms with van der Waals surface area (Å²) >= 11 is 0. The molecule has 0 aliphatic rings. The van der Waals surface area contributed by atoms with Crippen LogP contribution in [0.15, 0.2) is 24.3 Å². The highest BCUT2D eigenvalue weighted by atomic mass is 19.1. The topological polar surface area (TPSA) is 78.9 Å². The van der Waals surface area contributed by atoms with Crippen LogP contribution in [0.1, 0.15) is 27.7 Å². The molecule has 0 radical (unpaired) electrons. The predicted octanol–water partition coefficient (Wildman–Crippen LogP) is 2.95. The Balaban J connectivity index is 2.69. The lowest BCUT2D eigenvalue weighted by Gasteiger charge is -2.28. The van der Waals surface area contributed by atoms with E-state index in [0.29, 0.717) is 5.69 Å². The molecule has 6 nitrogen and oxygen atoms in total. The predicted molar refractivity (Wildman–Crippen MR) is 84.9 cm³/mol. The first-order valence-corrected chi connectivity index (χ1v) is 7.28. The molecule has 128 valence electrons. The lowest BCUT2D eigenvalue weighted by Crippen LogP contribution is -2.44. The Morgan fingerprint density at radius 2 is 1.87 bits per heavy atom. The van der Waals surface area contributed by atoms with E-state index in [-0.39, 0.29) is 18.4 Å². The number of carboxylic acids is 1. The van der Waals surface area contributed by atoms with Gasteiger partial charge in [-0.3, -0.25) is 9.69 Å². The molecule has 0 fully saturated rings. The molecule has 7 heteroatoms. The number of hydrogen-bond donors (Lipinski definition) is 2. The van der Waals surface area contributed by atoms with Crippen molar-refractivity contribution >= 4 is 17.7 Å². The summed E-state index contributed by atoms with van der Waals surface area (Å²) in [5.41, 5.74) is -0.0278. The Hall–Kier alpha value is -2.31. The van der Waals surface area contributed by atoms with E-state index >= 15 is 0 Å². The van der Waals surface area contributed by atoms with Crippen molar-refractivity contribution in [1.82, 2.24) is 4.90 Å². The number of carbonyl (C=O) groups excluding carboxylic acids is 1. The largest absolute Gasteiger partial charge is 0.480 e. The van der Waals surface area contributed by atoms with Gasteiger partial charge in [0.15, 0.2) is 0 Å². The van der Waals surface area contributed by atoms with E-state index in [2.05, 4.69) is 5.32 Å². The maximum absolute atomic E-state index is 12.9. The number of benzene rings is 1. The lowest BCUT2D eigenvalue weighted by atomic mass is 10.2. The van der Waals surface area contributed by atoms with Gasteiger partial charge in [0, 0.05) is 18.3 Å².